The van der Waals surface area contributed by atoms with Crippen molar-refractivity contribution >= 4 is 11.8 Å². The molecule has 0 saturated carbocycles. The van der Waals surface area contributed by atoms with Crippen LogP contribution in [-0.2, 0) is 19.1 Å². The molecule has 0 aromatic heterocycles. The van der Waals surface area contributed by atoms with E-state index in [0.29, 0.717) is 39.3 Å². The maximum atomic E-state index is 12.1. The van der Waals surface area contributed by atoms with Gasteiger partial charge in [0.25, 0.3) is 0 Å². The van der Waals surface area contributed by atoms with E-state index in [1.165, 1.54) is 0 Å². The molecule has 0 aromatic carbocycles. The maximum absolute atomic E-state index is 12.1. The van der Waals surface area contributed by atoms with Crippen molar-refractivity contribution in [3.05, 3.63) is 0 Å². The lowest BCUT2D eigenvalue weighted by Gasteiger charge is -2.30. The summed E-state index contributed by atoms with van der Waals surface area (Å²) in [5, 5.41) is 2.68. The Kier molecular flexibility index (Phi) is 4.38. The molecular formula is C12H21N3O4. The lowest BCUT2D eigenvalue weighted by molar-refractivity contribution is -0.140. The Morgan fingerprint density at radius 3 is 2.53 bits per heavy atom. The highest BCUT2D eigenvalue weighted by Gasteiger charge is 2.39. The molecule has 2 heterocycles. The monoisotopic (exact) mass is 271 g/mol. The largest absolute Gasteiger partial charge is 0.379 e. The summed E-state index contributed by atoms with van der Waals surface area (Å²) in [6, 6.07) is -0.577. The van der Waals surface area contributed by atoms with Crippen molar-refractivity contribution in [1.29, 1.82) is 0 Å². The van der Waals surface area contributed by atoms with Gasteiger partial charge in [0.05, 0.1) is 19.8 Å². The van der Waals surface area contributed by atoms with Gasteiger partial charge in [0.1, 0.15) is 11.6 Å². The van der Waals surface area contributed by atoms with E-state index in [9.17, 15) is 9.59 Å². The number of hydrogen-bond acceptors (Lipinski definition) is 5. The van der Waals surface area contributed by atoms with Crippen molar-refractivity contribution < 1.29 is 19.1 Å². The van der Waals surface area contributed by atoms with Gasteiger partial charge in [-0.1, -0.05) is 0 Å². The fourth-order valence-corrected chi connectivity index (χ4v) is 2.22. The predicted molar refractivity (Wildman–Crippen MR) is 67.4 cm³/mol. The van der Waals surface area contributed by atoms with Crippen LogP contribution in [0.5, 0.6) is 0 Å². The highest BCUT2D eigenvalue weighted by atomic mass is 16.5. The van der Waals surface area contributed by atoms with E-state index in [4.69, 9.17) is 15.2 Å². The molecule has 2 aliphatic rings. The molecule has 2 aliphatic heterocycles. The van der Waals surface area contributed by atoms with Gasteiger partial charge in [-0.2, -0.15) is 0 Å². The number of ether oxygens (including phenoxy) is 2. The van der Waals surface area contributed by atoms with E-state index in [0.717, 1.165) is 0 Å². The third-order valence-electron chi connectivity index (χ3n) is 3.55. The van der Waals surface area contributed by atoms with Gasteiger partial charge in [-0.05, 0) is 13.3 Å². The van der Waals surface area contributed by atoms with E-state index in [2.05, 4.69) is 5.32 Å². The van der Waals surface area contributed by atoms with E-state index < -0.39 is 11.6 Å². The van der Waals surface area contributed by atoms with Gasteiger partial charge >= 0.3 is 0 Å². The second-order valence-corrected chi connectivity index (χ2v) is 5.09. The number of amides is 2. The molecule has 2 fully saturated rings. The maximum Gasteiger partial charge on any atom is 0.245 e. The van der Waals surface area contributed by atoms with Gasteiger partial charge in [-0.25, -0.2) is 0 Å². The molecule has 7 heteroatoms. The van der Waals surface area contributed by atoms with Crippen LogP contribution in [0.1, 0.15) is 13.3 Å². The molecule has 0 aromatic rings. The lowest BCUT2D eigenvalue weighted by Crippen LogP contribution is -2.59. The zero-order chi connectivity index (χ0) is 13.9. The summed E-state index contributed by atoms with van der Waals surface area (Å²) < 4.78 is 10.3. The molecule has 2 atom stereocenters. The van der Waals surface area contributed by atoms with Crippen LogP contribution in [0.4, 0.5) is 0 Å². The van der Waals surface area contributed by atoms with Crippen LogP contribution in [-0.4, -0.2) is 67.8 Å². The Morgan fingerprint density at radius 1 is 1.26 bits per heavy atom. The number of nitrogens with zero attached hydrogens (tertiary/aromatic N) is 1. The van der Waals surface area contributed by atoms with Crippen LogP contribution in [0, 0.1) is 0 Å². The standard InChI is InChI=1S/C12H21N3O4/c1-9(10(16)15-3-6-18-7-4-15)14-11(17)12(13)2-5-19-8-12/h9H,2-8,13H2,1H3,(H,14,17). The third kappa shape index (κ3) is 3.23. The highest BCUT2D eigenvalue weighted by Crippen LogP contribution is 2.15. The van der Waals surface area contributed by atoms with Gasteiger partial charge in [0, 0.05) is 19.7 Å². The minimum absolute atomic E-state index is 0.0980. The summed E-state index contributed by atoms with van der Waals surface area (Å²) >= 11 is 0. The average Bonchev–Trinajstić information content (AvgIpc) is 2.87. The molecule has 19 heavy (non-hydrogen) atoms. The molecular weight excluding hydrogens is 250 g/mol. The normalized spacial score (nSPS) is 29.1. The number of nitrogens with one attached hydrogen (secondary N) is 1. The Labute approximate surface area is 112 Å². The summed E-state index contributed by atoms with van der Waals surface area (Å²) in [5.74, 6) is -0.418. The molecule has 0 aliphatic carbocycles. The lowest BCUT2D eigenvalue weighted by atomic mass is 9.99. The Balaban J connectivity index is 1.87. The summed E-state index contributed by atoms with van der Waals surface area (Å²) in [4.78, 5) is 25.9. The van der Waals surface area contributed by atoms with E-state index in [1.807, 2.05) is 0 Å². The molecule has 2 amide bonds. The number of carbonyl (C=O) groups excluding carboxylic acids is 2. The molecule has 108 valence electrons. The van der Waals surface area contributed by atoms with Gasteiger partial charge in [0.2, 0.25) is 11.8 Å². The Hall–Kier alpha value is -1.18. The average molecular weight is 271 g/mol. The van der Waals surface area contributed by atoms with Crippen molar-refractivity contribution in [2.45, 2.75) is 24.9 Å². The minimum Gasteiger partial charge on any atom is -0.379 e. The summed E-state index contributed by atoms with van der Waals surface area (Å²) in [6.45, 7) is 4.58. The van der Waals surface area contributed by atoms with Crippen molar-refractivity contribution in [2.75, 3.05) is 39.5 Å². The first-order valence-corrected chi connectivity index (χ1v) is 6.57. The molecule has 2 rings (SSSR count). The molecule has 3 N–H and O–H groups in total. The number of morpholine rings is 1. The van der Waals surface area contributed by atoms with Gasteiger partial charge in [0.15, 0.2) is 0 Å². The van der Waals surface area contributed by atoms with Crippen LogP contribution in [0.2, 0.25) is 0 Å². The van der Waals surface area contributed by atoms with Crippen LogP contribution in [0.3, 0.4) is 0 Å². The molecule has 7 nitrogen and oxygen atoms in total. The van der Waals surface area contributed by atoms with Crippen LogP contribution in [0.25, 0.3) is 0 Å². The third-order valence-corrected chi connectivity index (χ3v) is 3.55. The molecule has 0 radical (unpaired) electrons. The summed E-state index contributed by atoms with van der Waals surface area (Å²) in [6.07, 6.45) is 0.483. The first-order chi connectivity index (χ1) is 9.03. The number of nitrogens with two attached hydrogens (primary N) is 1. The number of hydrogen-bond donors (Lipinski definition) is 2. The molecule has 2 unspecified atom stereocenters. The first-order valence-electron chi connectivity index (χ1n) is 6.57. The fourth-order valence-electron chi connectivity index (χ4n) is 2.22. The quantitative estimate of drug-likeness (QED) is 0.649. The topological polar surface area (TPSA) is 93.9 Å². The summed E-state index contributed by atoms with van der Waals surface area (Å²) in [5.41, 5.74) is 4.95. The molecule has 0 bridgehead atoms. The van der Waals surface area contributed by atoms with E-state index in [1.54, 1.807) is 11.8 Å². The number of rotatable bonds is 3. The van der Waals surface area contributed by atoms with Crippen molar-refractivity contribution in [2.24, 2.45) is 5.73 Å². The van der Waals surface area contributed by atoms with E-state index in [-0.39, 0.29) is 18.4 Å². The predicted octanol–water partition coefficient (Wildman–Crippen LogP) is -1.53. The SMILES string of the molecule is CC(NC(=O)C1(N)CCOC1)C(=O)N1CCOCC1. The summed E-state index contributed by atoms with van der Waals surface area (Å²) in [7, 11) is 0. The number of carbonyl (C=O) groups is 2. The van der Waals surface area contributed by atoms with Gasteiger partial charge in [-0.3, -0.25) is 9.59 Å². The van der Waals surface area contributed by atoms with Gasteiger partial charge < -0.3 is 25.4 Å². The zero-order valence-corrected chi connectivity index (χ0v) is 11.2. The zero-order valence-electron chi connectivity index (χ0n) is 11.2. The minimum atomic E-state index is -1.00. The van der Waals surface area contributed by atoms with Crippen molar-refractivity contribution in [3.8, 4) is 0 Å². The second kappa shape index (κ2) is 5.85. The molecule has 2 saturated heterocycles. The fraction of sp³-hybridized carbons (Fsp3) is 0.833. The van der Waals surface area contributed by atoms with Crippen molar-refractivity contribution in [3.63, 3.8) is 0 Å². The van der Waals surface area contributed by atoms with Crippen molar-refractivity contribution in [1.82, 2.24) is 10.2 Å². The van der Waals surface area contributed by atoms with Crippen LogP contribution < -0.4 is 11.1 Å². The molecule has 0 spiro atoms. The first kappa shape index (κ1) is 14.2. The van der Waals surface area contributed by atoms with Gasteiger partial charge in [-0.15, -0.1) is 0 Å². The van der Waals surface area contributed by atoms with Crippen LogP contribution in [0.15, 0.2) is 0 Å². The highest BCUT2D eigenvalue weighted by molar-refractivity contribution is 5.92. The van der Waals surface area contributed by atoms with E-state index >= 15 is 0 Å². The Bertz CT molecular complexity index is 349. The second-order valence-electron chi connectivity index (χ2n) is 5.09. The Morgan fingerprint density at radius 2 is 1.95 bits per heavy atom. The van der Waals surface area contributed by atoms with Crippen LogP contribution >= 0.6 is 0 Å². The smallest absolute Gasteiger partial charge is 0.245 e.